The van der Waals surface area contributed by atoms with E-state index in [1.165, 1.54) is 57.8 Å². The second-order valence-electron chi connectivity index (χ2n) is 6.16. The van der Waals surface area contributed by atoms with Crippen LogP contribution in [0.5, 0.6) is 0 Å². The molecule has 0 aliphatic rings. The first-order valence-corrected chi connectivity index (χ1v) is 8.88. The molecule has 0 spiro atoms. The van der Waals surface area contributed by atoms with E-state index >= 15 is 0 Å². The standard InChI is InChI=1S/C12H25.C6H8O7.Na/c1-3-5-7-9-11-12-10-8-6-4-2;7-3(8)1-6(13,5(11)12)2-4(9)10;/h1,3-12H2,2H3;13H,1-2H2,(H,7,8)(H,9,10)(H,11,12);/q-1;;+1. The first kappa shape index (κ1) is 30.1. The van der Waals surface area contributed by atoms with Crippen LogP contribution < -0.4 is 29.6 Å². The van der Waals surface area contributed by atoms with Gasteiger partial charge in [0, 0.05) is 0 Å². The van der Waals surface area contributed by atoms with Crippen LogP contribution in [0.1, 0.15) is 84.0 Å². The largest absolute Gasteiger partial charge is 1.00 e. The summed E-state index contributed by atoms with van der Waals surface area (Å²) in [7, 11) is 0. The van der Waals surface area contributed by atoms with E-state index in [0.29, 0.717) is 0 Å². The zero-order chi connectivity index (χ0) is 19.7. The molecule has 8 heteroatoms. The molecule has 0 heterocycles. The van der Waals surface area contributed by atoms with E-state index in [1.807, 2.05) is 0 Å². The number of carboxylic acid groups (broad SMARTS) is 3. The molecular formula is C18H33NaO7. The summed E-state index contributed by atoms with van der Waals surface area (Å²) in [5.74, 6) is -5.02. The molecule has 0 rings (SSSR count). The van der Waals surface area contributed by atoms with E-state index in [9.17, 15) is 14.4 Å². The summed E-state index contributed by atoms with van der Waals surface area (Å²) in [5, 5.41) is 33.8. The number of unbranched alkanes of at least 4 members (excludes halogenated alkanes) is 9. The SMILES string of the molecule is O=C(O)CC(O)(CC(=O)O)C(=O)O.[CH2-]CCCCCCCCCCC.[Na+]. The molecule has 4 N–H and O–H groups in total. The van der Waals surface area contributed by atoms with E-state index in [0.717, 1.165) is 6.42 Å². The summed E-state index contributed by atoms with van der Waals surface area (Å²) in [6, 6.07) is 0. The minimum Gasteiger partial charge on any atom is -0.481 e. The quantitative estimate of drug-likeness (QED) is 0.195. The number of hydrogen-bond acceptors (Lipinski definition) is 4. The Balaban J connectivity index is -0.000000393. The van der Waals surface area contributed by atoms with E-state index in [4.69, 9.17) is 20.4 Å². The number of rotatable bonds is 14. The van der Waals surface area contributed by atoms with Gasteiger partial charge < -0.3 is 27.3 Å². The van der Waals surface area contributed by atoms with Gasteiger partial charge in [-0.05, 0) is 0 Å². The van der Waals surface area contributed by atoms with Gasteiger partial charge >= 0.3 is 47.5 Å². The second-order valence-corrected chi connectivity index (χ2v) is 6.16. The Hall–Kier alpha value is -0.630. The molecule has 0 amide bonds. The Morgan fingerprint density at radius 3 is 1.38 bits per heavy atom. The van der Waals surface area contributed by atoms with E-state index in [1.54, 1.807) is 0 Å². The Labute approximate surface area is 178 Å². The fourth-order valence-electron chi connectivity index (χ4n) is 2.20. The van der Waals surface area contributed by atoms with Crippen LogP contribution in [0, 0.1) is 6.92 Å². The predicted molar refractivity (Wildman–Crippen MR) is 94.3 cm³/mol. The second kappa shape index (κ2) is 19.1. The molecular weight excluding hydrogens is 351 g/mol. The zero-order valence-electron chi connectivity index (χ0n) is 16.2. The molecule has 0 radical (unpaired) electrons. The molecule has 0 aromatic rings. The minimum absolute atomic E-state index is 0. The maximum atomic E-state index is 10.3. The van der Waals surface area contributed by atoms with E-state index in [-0.39, 0.29) is 29.6 Å². The van der Waals surface area contributed by atoms with Crippen LogP contribution >= 0.6 is 0 Å². The molecule has 0 aliphatic carbocycles. The van der Waals surface area contributed by atoms with Crippen molar-refractivity contribution in [3.05, 3.63) is 6.92 Å². The van der Waals surface area contributed by atoms with Crippen molar-refractivity contribution in [1.82, 2.24) is 0 Å². The van der Waals surface area contributed by atoms with Gasteiger partial charge in [-0.3, -0.25) is 9.59 Å². The molecule has 0 aliphatic heterocycles. The Morgan fingerprint density at radius 1 is 0.769 bits per heavy atom. The van der Waals surface area contributed by atoms with Crippen molar-refractivity contribution in [2.45, 2.75) is 89.6 Å². The van der Waals surface area contributed by atoms with Gasteiger partial charge in [0.25, 0.3) is 0 Å². The third-order valence-electron chi connectivity index (χ3n) is 3.64. The summed E-state index contributed by atoms with van der Waals surface area (Å²) in [4.78, 5) is 30.5. The number of aliphatic hydroxyl groups is 1. The van der Waals surface area contributed by atoms with Crippen molar-refractivity contribution in [3.8, 4) is 0 Å². The maximum absolute atomic E-state index is 10.3. The van der Waals surface area contributed by atoms with Crippen molar-refractivity contribution in [3.63, 3.8) is 0 Å². The topological polar surface area (TPSA) is 132 Å². The van der Waals surface area contributed by atoms with Gasteiger partial charge in [0.2, 0.25) is 0 Å². The van der Waals surface area contributed by atoms with Gasteiger partial charge in [-0.15, -0.1) is 0 Å². The molecule has 0 saturated heterocycles. The third-order valence-corrected chi connectivity index (χ3v) is 3.64. The zero-order valence-corrected chi connectivity index (χ0v) is 18.2. The summed E-state index contributed by atoms with van der Waals surface area (Å²) in [6.45, 7) is 6.12. The Bertz CT molecular complexity index is 360. The van der Waals surface area contributed by atoms with Gasteiger partial charge in [-0.1, -0.05) is 64.7 Å². The van der Waals surface area contributed by atoms with Crippen LogP contribution in [0.4, 0.5) is 0 Å². The normalized spacial score (nSPS) is 10.3. The van der Waals surface area contributed by atoms with Gasteiger partial charge in [-0.25, -0.2) is 4.79 Å². The molecule has 7 nitrogen and oxygen atoms in total. The first-order chi connectivity index (χ1) is 11.7. The van der Waals surface area contributed by atoms with E-state index < -0.39 is 36.4 Å². The first-order valence-electron chi connectivity index (χ1n) is 8.88. The third kappa shape index (κ3) is 19.7. The molecule has 0 aromatic heterocycles. The molecule has 0 bridgehead atoms. The van der Waals surface area contributed by atoms with E-state index in [2.05, 4.69) is 13.8 Å². The fourth-order valence-corrected chi connectivity index (χ4v) is 2.20. The van der Waals surface area contributed by atoms with Crippen molar-refractivity contribution < 1.29 is 64.4 Å². The molecule has 0 unspecified atom stereocenters. The maximum Gasteiger partial charge on any atom is 1.00 e. The van der Waals surface area contributed by atoms with Gasteiger partial charge in [0.05, 0.1) is 12.8 Å². The summed E-state index contributed by atoms with van der Waals surface area (Å²) >= 11 is 0. The minimum atomic E-state index is -2.74. The average molecular weight is 384 g/mol. The number of carboxylic acids is 3. The predicted octanol–water partition coefficient (Wildman–Crippen LogP) is 0.497. The molecule has 0 aromatic carbocycles. The monoisotopic (exact) mass is 384 g/mol. The fraction of sp³-hybridized carbons (Fsp3) is 0.778. The number of hydrogen-bond donors (Lipinski definition) is 4. The van der Waals surface area contributed by atoms with Gasteiger partial charge in [-0.2, -0.15) is 6.42 Å². The molecule has 0 fully saturated rings. The van der Waals surface area contributed by atoms with Crippen LogP contribution in [0.2, 0.25) is 0 Å². The van der Waals surface area contributed by atoms with Gasteiger partial charge in [0.1, 0.15) is 0 Å². The molecule has 148 valence electrons. The van der Waals surface area contributed by atoms with Crippen molar-refractivity contribution in [1.29, 1.82) is 0 Å². The summed E-state index contributed by atoms with van der Waals surface area (Å²) in [6.07, 6.45) is 11.6. The van der Waals surface area contributed by atoms with Gasteiger partial charge in [0.15, 0.2) is 5.60 Å². The van der Waals surface area contributed by atoms with Crippen molar-refractivity contribution in [2.24, 2.45) is 0 Å². The average Bonchev–Trinajstić information content (AvgIpc) is 2.49. The molecule has 0 saturated carbocycles. The Kier molecular flexibility index (Phi) is 22.2. The number of aliphatic carboxylic acids is 3. The van der Waals surface area contributed by atoms with Crippen LogP contribution in [0.15, 0.2) is 0 Å². The van der Waals surface area contributed by atoms with Crippen LogP contribution in [0.3, 0.4) is 0 Å². The molecule has 26 heavy (non-hydrogen) atoms. The van der Waals surface area contributed by atoms with Crippen molar-refractivity contribution in [2.75, 3.05) is 0 Å². The summed E-state index contributed by atoms with van der Waals surface area (Å²) in [5.41, 5.74) is -2.74. The van der Waals surface area contributed by atoms with Crippen LogP contribution in [0.25, 0.3) is 0 Å². The molecule has 0 atom stereocenters. The van der Waals surface area contributed by atoms with Crippen LogP contribution in [-0.2, 0) is 14.4 Å². The summed E-state index contributed by atoms with van der Waals surface area (Å²) < 4.78 is 0. The van der Waals surface area contributed by atoms with Crippen molar-refractivity contribution >= 4 is 17.9 Å². The number of carbonyl (C=O) groups is 3. The Morgan fingerprint density at radius 2 is 1.12 bits per heavy atom. The smallest absolute Gasteiger partial charge is 0.481 e. The van der Waals surface area contributed by atoms with Crippen LogP contribution in [-0.4, -0.2) is 43.9 Å².